The molecule has 0 fully saturated rings. The molecular weight excluding hydrogens is 340 g/mol. The van der Waals surface area contributed by atoms with Crippen molar-refractivity contribution < 1.29 is 23.8 Å². The maximum atomic E-state index is 12.2. The van der Waals surface area contributed by atoms with E-state index < -0.39 is 22.8 Å². The molecule has 0 spiro atoms. The van der Waals surface area contributed by atoms with Crippen LogP contribution in [-0.4, -0.2) is 10.2 Å². The molecule has 0 bridgehead atoms. The van der Waals surface area contributed by atoms with Crippen LogP contribution in [0.15, 0.2) is 60.9 Å². The van der Waals surface area contributed by atoms with Crippen molar-refractivity contribution >= 4 is 21.9 Å². The van der Waals surface area contributed by atoms with Gasteiger partial charge in [0.25, 0.3) is 5.75 Å². The van der Waals surface area contributed by atoms with Gasteiger partial charge in [0.2, 0.25) is 0 Å². The first-order valence-electron chi connectivity index (χ1n) is 7.64. The molecule has 26 heavy (non-hydrogen) atoms. The number of aryl methyl sites for hydroxylation is 1. The first-order chi connectivity index (χ1) is 12.4. The van der Waals surface area contributed by atoms with Crippen LogP contribution in [0.25, 0.3) is 21.9 Å². The van der Waals surface area contributed by atoms with E-state index in [0.29, 0.717) is 10.9 Å². The number of ether oxygens (including phenoxy) is 1. The fourth-order valence-electron chi connectivity index (χ4n) is 2.67. The second kappa shape index (κ2) is 5.66. The van der Waals surface area contributed by atoms with Gasteiger partial charge in [-0.1, -0.05) is 0 Å². The molecule has 0 aliphatic heterocycles. The number of phenolic OH excluding ortho intramolecular Hbond substituents is 1. The third-order valence-electron chi connectivity index (χ3n) is 4.04. The van der Waals surface area contributed by atoms with E-state index in [9.17, 15) is 19.8 Å². The van der Waals surface area contributed by atoms with Crippen molar-refractivity contribution in [3.8, 4) is 23.0 Å². The molecule has 130 valence electrons. The predicted octanol–water partition coefficient (Wildman–Crippen LogP) is 3.41. The zero-order valence-electron chi connectivity index (χ0n) is 13.5. The Balaban J connectivity index is 1.86. The summed E-state index contributed by atoms with van der Waals surface area (Å²) in [4.78, 5) is 23.6. The zero-order chi connectivity index (χ0) is 18.4. The Hall–Kier alpha value is -3.74. The molecule has 0 saturated carbocycles. The van der Waals surface area contributed by atoms with Gasteiger partial charge in [-0.3, -0.25) is 0 Å². The predicted molar refractivity (Wildman–Crippen MR) is 93.1 cm³/mol. The lowest BCUT2D eigenvalue weighted by molar-refractivity contribution is 0.386. The molecular formula is C19H12O7. The highest BCUT2D eigenvalue weighted by atomic mass is 16.5. The molecule has 0 atom stereocenters. The summed E-state index contributed by atoms with van der Waals surface area (Å²) in [7, 11) is 0. The average molecular weight is 352 g/mol. The lowest BCUT2D eigenvalue weighted by atomic mass is 10.1. The van der Waals surface area contributed by atoms with E-state index in [4.69, 9.17) is 13.6 Å². The molecule has 4 aromatic rings. The quantitative estimate of drug-likeness (QED) is 0.532. The first-order valence-corrected chi connectivity index (χ1v) is 7.64. The van der Waals surface area contributed by atoms with Crippen molar-refractivity contribution in [1.82, 2.24) is 0 Å². The molecule has 0 unspecified atom stereocenters. The van der Waals surface area contributed by atoms with Crippen molar-refractivity contribution in [2.24, 2.45) is 0 Å². The van der Waals surface area contributed by atoms with Crippen LogP contribution in [0.3, 0.4) is 0 Å². The summed E-state index contributed by atoms with van der Waals surface area (Å²) in [6.07, 6.45) is 0. The highest BCUT2D eigenvalue weighted by molar-refractivity contribution is 5.89. The third-order valence-corrected chi connectivity index (χ3v) is 4.04. The number of rotatable bonds is 2. The summed E-state index contributed by atoms with van der Waals surface area (Å²) < 4.78 is 15.7. The second-order valence-corrected chi connectivity index (χ2v) is 5.71. The van der Waals surface area contributed by atoms with Crippen LogP contribution in [0, 0.1) is 6.92 Å². The van der Waals surface area contributed by atoms with Gasteiger partial charge in [0.1, 0.15) is 22.7 Å². The monoisotopic (exact) mass is 352 g/mol. The smallest absolute Gasteiger partial charge is 0.383 e. The number of hydrogen-bond donors (Lipinski definition) is 2. The highest BCUT2D eigenvalue weighted by Gasteiger charge is 2.19. The maximum absolute atomic E-state index is 12.2. The van der Waals surface area contributed by atoms with E-state index in [0.717, 1.165) is 0 Å². The van der Waals surface area contributed by atoms with Gasteiger partial charge in [-0.2, -0.15) is 0 Å². The fraction of sp³-hybridized carbons (Fsp3) is 0.0526. The molecule has 7 nitrogen and oxygen atoms in total. The molecule has 0 radical (unpaired) electrons. The summed E-state index contributed by atoms with van der Waals surface area (Å²) in [5.74, 6) is -0.684. The average Bonchev–Trinajstić information content (AvgIpc) is 2.62. The Morgan fingerprint density at radius 2 is 1.73 bits per heavy atom. The number of aromatic hydroxyl groups is 2. The molecule has 2 N–H and O–H groups in total. The number of benzene rings is 2. The van der Waals surface area contributed by atoms with Crippen LogP contribution in [0.2, 0.25) is 0 Å². The molecule has 2 aromatic heterocycles. The van der Waals surface area contributed by atoms with Crippen LogP contribution < -0.4 is 16.0 Å². The van der Waals surface area contributed by atoms with Crippen LogP contribution >= 0.6 is 0 Å². The SMILES string of the molecule is Cc1c(O)ccc2c(O)c(Oc3ccc4ccc(=O)oc4c3)c(=O)oc12. The van der Waals surface area contributed by atoms with E-state index in [1.807, 2.05) is 0 Å². The maximum Gasteiger partial charge on any atom is 0.383 e. The molecule has 7 heteroatoms. The summed E-state index contributed by atoms with van der Waals surface area (Å²) >= 11 is 0. The molecule has 0 saturated heterocycles. The topological polar surface area (TPSA) is 110 Å². The van der Waals surface area contributed by atoms with Gasteiger partial charge in [0, 0.05) is 23.1 Å². The fourth-order valence-corrected chi connectivity index (χ4v) is 2.67. The van der Waals surface area contributed by atoms with Crippen molar-refractivity contribution in [2.45, 2.75) is 6.92 Å². The first kappa shape index (κ1) is 15.8. The Kier molecular flexibility index (Phi) is 3.43. The van der Waals surface area contributed by atoms with Gasteiger partial charge in [-0.25, -0.2) is 9.59 Å². The van der Waals surface area contributed by atoms with E-state index in [-0.39, 0.29) is 28.1 Å². The van der Waals surface area contributed by atoms with Crippen LogP contribution in [0.4, 0.5) is 0 Å². The van der Waals surface area contributed by atoms with Gasteiger partial charge < -0.3 is 23.8 Å². The second-order valence-electron chi connectivity index (χ2n) is 5.71. The Bertz CT molecular complexity index is 1280. The van der Waals surface area contributed by atoms with Crippen molar-refractivity contribution in [3.05, 3.63) is 68.9 Å². The summed E-state index contributed by atoms with van der Waals surface area (Å²) in [6.45, 7) is 1.56. The van der Waals surface area contributed by atoms with Gasteiger partial charge in [0.05, 0.1) is 5.39 Å². The van der Waals surface area contributed by atoms with E-state index in [1.54, 1.807) is 25.1 Å². The summed E-state index contributed by atoms with van der Waals surface area (Å²) in [5, 5.41) is 21.0. The number of hydrogen-bond acceptors (Lipinski definition) is 7. The molecule has 0 aliphatic rings. The lowest BCUT2D eigenvalue weighted by Gasteiger charge is -2.10. The van der Waals surface area contributed by atoms with Crippen LogP contribution in [0.5, 0.6) is 23.0 Å². The Labute approximate surface area is 145 Å². The van der Waals surface area contributed by atoms with E-state index in [1.165, 1.54) is 24.3 Å². The molecule has 4 rings (SSSR count). The Morgan fingerprint density at radius 1 is 0.962 bits per heavy atom. The largest absolute Gasteiger partial charge is 0.508 e. The molecule has 0 aliphatic carbocycles. The highest BCUT2D eigenvalue weighted by Crippen LogP contribution is 2.37. The Morgan fingerprint density at radius 3 is 2.54 bits per heavy atom. The molecule has 2 aromatic carbocycles. The van der Waals surface area contributed by atoms with E-state index >= 15 is 0 Å². The van der Waals surface area contributed by atoms with Crippen LogP contribution in [0.1, 0.15) is 5.56 Å². The van der Waals surface area contributed by atoms with Gasteiger partial charge in [0.15, 0.2) is 5.75 Å². The molecule has 0 amide bonds. The van der Waals surface area contributed by atoms with Crippen molar-refractivity contribution in [1.29, 1.82) is 0 Å². The standard InChI is InChI=1S/C19H12O7/c1-9-13(20)6-5-12-16(22)18(19(23)26-17(9)12)24-11-4-2-10-3-7-15(21)25-14(10)8-11/h2-8,20,22H,1H3. The van der Waals surface area contributed by atoms with Crippen LogP contribution in [-0.2, 0) is 0 Å². The molecule has 2 heterocycles. The van der Waals surface area contributed by atoms with Crippen molar-refractivity contribution in [3.63, 3.8) is 0 Å². The van der Waals surface area contributed by atoms with Gasteiger partial charge >= 0.3 is 11.3 Å². The normalized spacial score (nSPS) is 11.1. The lowest BCUT2D eigenvalue weighted by Crippen LogP contribution is -2.04. The van der Waals surface area contributed by atoms with E-state index in [2.05, 4.69) is 0 Å². The van der Waals surface area contributed by atoms with Gasteiger partial charge in [-0.05, 0) is 37.3 Å². The zero-order valence-corrected chi connectivity index (χ0v) is 13.5. The minimum Gasteiger partial charge on any atom is -0.508 e. The van der Waals surface area contributed by atoms with Crippen molar-refractivity contribution in [2.75, 3.05) is 0 Å². The summed E-state index contributed by atoms with van der Waals surface area (Å²) in [6, 6.07) is 10.3. The minimum absolute atomic E-state index is 0.0572. The van der Waals surface area contributed by atoms with Gasteiger partial charge in [-0.15, -0.1) is 0 Å². The minimum atomic E-state index is -0.904. The summed E-state index contributed by atoms with van der Waals surface area (Å²) in [5.41, 5.74) is -0.741. The number of fused-ring (bicyclic) bond motifs is 2. The number of phenols is 1. The third kappa shape index (κ3) is 2.46.